The normalized spacial score (nSPS) is 11.5. The minimum Gasteiger partial charge on any atom is -0.389 e. The molecule has 1 heterocycles. The standard InChI is InChI=1S/C13H17Cl2NO3S/c1-13(2,19)7-16(3)11(18)5-4-9(17)8-6-10(14)20-12(8)15/h6,19H,4-5,7H2,1-3H3. The van der Waals surface area contributed by atoms with Crippen LogP contribution in [0.15, 0.2) is 6.07 Å². The molecule has 4 nitrogen and oxygen atoms in total. The summed E-state index contributed by atoms with van der Waals surface area (Å²) < 4.78 is 0.793. The van der Waals surface area contributed by atoms with Gasteiger partial charge in [0.2, 0.25) is 5.91 Å². The SMILES string of the molecule is CN(CC(C)(C)O)C(=O)CCC(=O)c1cc(Cl)sc1Cl. The van der Waals surface area contributed by atoms with Gasteiger partial charge in [0.05, 0.1) is 9.94 Å². The maximum atomic E-state index is 11.9. The molecule has 1 rings (SSSR count). The molecule has 0 saturated carbocycles. The number of nitrogens with zero attached hydrogens (tertiary/aromatic N) is 1. The summed E-state index contributed by atoms with van der Waals surface area (Å²) in [7, 11) is 1.60. The molecule has 0 aliphatic heterocycles. The molecule has 7 heteroatoms. The van der Waals surface area contributed by atoms with E-state index < -0.39 is 5.60 Å². The lowest BCUT2D eigenvalue weighted by molar-refractivity contribution is -0.132. The minimum atomic E-state index is -0.960. The van der Waals surface area contributed by atoms with Crippen molar-refractivity contribution in [2.75, 3.05) is 13.6 Å². The summed E-state index contributed by atoms with van der Waals surface area (Å²) in [6.45, 7) is 3.45. The smallest absolute Gasteiger partial charge is 0.222 e. The number of carbonyl (C=O) groups is 2. The summed E-state index contributed by atoms with van der Waals surface area (Å²) in [5.41, 5.74) is -0.599. The Morgan fingerprint density at radius 1 is 1.35 bits per heavy atom. The first-order valence-corrected chi connectivity index (χ1v) is 7.62. The van der Waals surface area contributed by atoms with Crippen molar-refractivity contribution in [3.63, 3.8) is 0 Å². The first-order valence-electron chi connectivity index (χ1n) is 6.04. The van der Waals surface area contributed by atoms with E-state index in [4.69, 9.17) is 23.2 Å². The van der Waals surface area contributed by atoms with Gasteiger partial charge in [-0.05, 0) is 19.9 Å². The number of amides is 1. The molecule has 0 aromatic carbocycles. The van der Waals surface area contributed by atoms with Gasteiger partial charge in [0.1, 0.15) is 4.34 Å². The Morgan fingerprint density at radius 2 is 1.95 bits per heavy atom. The van der Waals surface area contributed by atoms with Crippen LogP contribution in [0.25, 0.3) is 0 Å². The highest BCUT2D eigenvalue weighted by Gasteiger charge is 2.21. The number of rotatable bonds is 6. The monoisotopic (exact) mass is 337 g/mol. The zero-order valence-corrected chi connectivity index (χ0v) is 13.9. The highest BCUT2D eigenvalue weighted by atomic mass is 35.5. The Labute approximate surface area is 132 Å². The van der Waals surface area contributed by atoms with Gasteiger partial charge in [-0.3, -0.25) is 9.59 Å². The van der Waals surface area contributed by atoms with Crippen LogP contribution < -0.4 is 0 Å². The second-order valence-corrected chi connectivity index (χ2v) is 7.51. The minimum absolute atomic E-state index is 0.0712. The van der Waals surface area contributed by atoms with Crippen molar-refractivity contribution in [1.82, 2.24) is 4.90 Å². The summed E-state index contributed by atoms with van der Waals surface area (Å²) in [4.78, 5) is 25.2. The molecule has 0 spiro atoms. The van der Waals surface area contributed by atoms with E-state index in [1.54, 1.807) is 20.9 Å². The van der Waals surface area contributed by atoms with E-state index in [1.165, 1.54) is 11.0 Å². The molecule has 1 N–H and O–H groups in total. The third-order valence-electron chi connectivity index (χ3n) is 2.57. The fraction of sp³-hybridized carbons (Fsp3) is 0.538. The van der Waals surface area contributed by atoms with E-state index in [-0.39, 0.29) is 31.1 Å². The second-order valence-electron chi connectivity index (χ2n) is 5.22. The molecule has 1 amide bonds. The molecular weight excluding hydrogens is 321 g/mol. The van der Waals surface area contributed by atoms with Gasteiger partial charge in [-0.2, -0.15) is 0 Å². The number of aliphatic hydroxyl groups is 1. The maximum absolute atomic E-state index is 11.9. The van der Waals surface area contributed by atoms with Crippen LogP contribution in [0.3, 0.4) is 0 Å². The van der Waals surface area contributed by atoms with Crippen LogP contribution >= 0.6 is 34.5 Å². The zero-order chi connectivity index (χ0) is 15.5. The quantitative estimate of drug-likeness (QED) is 0.810. The largest absolute Gasteiger partial charge is 0.389 e. The van der Waals surface area contributed by atoms with E-state index >= 15 is 0 Å². The first kappa shape index (κ1) is 17.4. The maximum Gasteiger partial charge on any atom is 0.222 e. The Morgan fingerprint density at radius 3 is 2.40 bits per heavy atom. The predicted octanol–water partition coefficient (Wildman–Crippen LogP) is 3.25. The van der Waals surface area contributed by atoms with Gasteiger partial charge >= 0.3 is 0 Å². The highest BCUT2D eigenvalue weighted by molar-refractivity contribution is 7.20. The second kappa shape index (κ2) is 6.89. The molecule has 1 aromatic heterocycles. The fourth-order valence-electron chi connectivity index (χ4n) is 1.74. The van der Waals surface area contributed by atoms with E-state index in [0.717, 1.165) is 11.3 Å². The first-order chi connectivity index (χ1) is 9.10. The van der Waals surface area contributed by atoms with E-state index in [9.17, 15) is 14.7 Å². The molecule has 1 aromatic rings. The third-order valence-corrected chi connectivity index (χ3v) is 4.06. The summed E-state index contributed by atoms with van der Waals surface area (Å²) in [5.74, 6) is -0.402. The van der Waals surface area contributed by atoms with Crippen molar-refractivity contribution in [2.45, 2.75) is 32.3 Å². The van der Waals surface area contributed by atoms with E-state index in [2.05, 4.69) is 0 Å². The Balaban J connectivity index is 2.53. The van der Waals surface area contributed by atoms with Crippen molar-refractivity contribution in [3.05, 3.63) is 20.3 Å². The number of hydrogen-bond acceptors (Lipinski definition) is 4. The number of thiophene rings is 1. The molecule has 0 atom stereocenters. The molecule has 0 saturated heterocycles. The topological polar surface area (TPSA) is 57.6 Å². The number of Topliss-reactive ketones (excluding diaryl/α,β-unsaturated/α-hetero) is 1. The molecule has 112 valence electrons. The molecule has 0 fully saturated rings. The Kier molecular flexibility index (Phi) is 6.01. The number of halogens is 2. The van der Waals surface area contributed by atoms with Gasteiger partial charge in [-0.1, -0.05) is 23.2 Å². The van der Waals surface area contributed by atoms with Gasteiger partial charge in [0.25, 0.3) is 0 Å². The molecular formula is C13H17Cl2NO3S. The van der Waals surface area contributed by atoms with Crippen molar-refractivity contribution in [1.29, 1.82) is 0 Å². The average Bonchev–Trinajstić information content (AvgIpc) is 2.62. The van der Waals surface area contributed by atoms with Crippen LogP contribution in [0.4, 0.5) is 0 Å². The number of ketones is 1. The van der Waals surface area contributed by atoms with Crippen molar-refractivity contribution in [2.24, 2.45) is 0 Å². The zero-order valence-electron chi connectivity index (χ0n) is 11.6. The van der Waals surface area contributed by atoms with Gasteiger partial charge in [-0.25, -0.2) is 0 Å². The van der Waals surface area contributed by atoms with Crippen molar-refractivity contribution < 1.29 is 14.7 Å². The van der Waals surface area contributed by atoms with Crippen molar-refractivity contribution >= 4 is 46.2 Å². The van der Waals surface area contributed by atoms with Gasteiger partial charge in [0, 0.05) is 32.0 Å². The fourth-order valence-corrected chi connectivity index (χ4v) is 3.24. The van der Waals surface area contributed by atoms with Gasteiger partial charge < -0.3 is 10.0 Å². The van der Waals surface area contributed by atoms with E-state index in [1.807, 2.05) is 0 Å². The molecule has 20 heavy (non-hydrogen) atoms. The van der Waals surface area contributed by atoms with Crippen LogP contribution in [0, 0.1) is 0 Å². The number of likely N-dealkylation sites (N-methyl/N-ethyl adjacent to an activating group) is 1. The van der Waals surface area contributed by atoms with Crippen LogP contribution in [-0.4, -0.2) is 40.9 Å². The average molecular weight is 338 g/mol. The summed E-state index contributed by atoms with van der Waals surface area (Å²) in [6, 6.07) is 1.52. The lowest BCUT2D eigenvalue weighted by Crippen LogP contribution is -2.39. The van der Waals surface area contributed by atoms with Crippen LogP contribution in [0.1, 0.15) is 37.0 Å². The Hall–Kier alpha value is -0.620. The van der Waals surface area contributed by atoms with E-state index in [0.29, 0.717) is 14.2 Å². The molecule has 0 radical (unpaired) electrons. The Bertz CT molecular complexity index is 508. The van der Waals surface area contributed by atoms with Crippen LogP contribution in [-0.2, 0) is 4.79 Å². The van der Waals surface area contributed by atoms with Crippen molar-refractivity contribution in [3.8, 4) is 0 Å². The number of carbonyl (C=O) groups excluding carboxylic acids is 2. The number of hydrogen-bond donors (Lipinski definition) is 1. The summed E-state index contributed by atoms with van der Waals surface area (Å²) >= 11 is 12.8. The summed E-state index contributed by atoms with van der Waals surface area (Å²) in [6.07, 6.45) is 0.150. The predicted molar refractivity (Wildman–Crippen MR) is 81.8 cm³/mol. The van der Waals surface area contributed by atoms with Gasteiger partial charge in [0.15, 0.2) is 5.78 Å². The van der Waals surface area contributed by atoms with Crippen LogP contribution in [0.5, 0.6) is 0 Å². The van der Waals surface area contributed by atoms with Gasteiger partial charge in [-0.15, -0.1) is 11.3 Å². The lowest BCUT2D eigenvalue weighted by Gasteiger charge is -2.25. The third kappa shape index (κ3) is 5.40. The lowest BCUT2D eigenvalue weighted by atomic mass is 10.1. The molecule has 0 aliphatic rings. The highest BCUT2D eigenvalue weighted by Crippen LogP contribution is 2.32. The molecule has 0 aliphatic carbocycles. The molecule has 0 bridgehead atoms. The molecule has 0 unspecified atom stereocenters. The summed E-state index contributed by atoms with van der Waals surface area (Å²) in [5, 5.41) is 9.64. The van der Waals surface area contributed by atoms with Crippen LogP contribution in [0.2, 0.25) is 8.67 Å².